The molecule has 8 heteroatoms. The highest BCUT2D eigenvalue weighted by Crippen LogP contribution is 2.14. The summed E-state index contributed by atoms with van der Waals surface area (Å²) in [5.74, 6) is -2.35. The highest BCUT2D eigenvalue weighted by atomic mass is 16.7. The number of nitrogens with one attached hydrogen (secondary N) is 1. The van der Waals surface area contributed by atoms with Crippen molar-refractivity contribution in [2.45, 2.75) is 18.9 Å². The number of esters is 2. The highest BCUT2D eigenvalue weighted by molar-refractivity contribution is 5.96. The van der Waals surface area contributed by atoms with E-state index in [4.69, 9.17) is 0 Å². The van der Waals surface area contributed by atoms with Crippen LogP contribution in [0.1, 0.15) is 23.2 Å². The number of hydroxylamine groups is 1. The minimum Gasteiger partial charge on any atom is -0.450 e. The molecule has 0 saturated carbocycles. The maximum atomic E-state index is 11.5. The Balaban J connectivity index is 1.76. The van der Waals surface area contributed by atoms with E-state index < -0.39 is 30.1 Å². The lowest BCUT2D eigenvalue weighted by Gasteiger charge is -2.09. The second-order valence-corrected chi connectivity index (χ2v) is 4.08. The van der Waals surface area contributed by atoms with Crippen molar-refractivity contribution < 1.29 is 33.5 Å². The molecule has 1 aliphatic rings. The van der Waals surface area contributed by atoms with E-state index in [9.17, 15) is 19.2 Å². The Morgan fingerprint density at radius 3 is 2.52 bits per heavy atom. The number of cyclic esters (lactones) is 1. The van der Waals surface area contributed by atoms with Crippen LogP contribution in [0.5, 0.6) is 0 Å². The maximum absolute atomic E-state index is 11.5. The number of carbonyl (C=O) groups is 4. The lowest BCUT2D eigenvalue weighted by molar-refractivity contribution is -0.165. The molecule has 1 heterocycles. The van der Waals surface area contributed by atoms with E-state index in [0.29, 0.717) is 0 Å². The first-order valence-corrected chi connectivity index (χ1v) is 6.03. The van der Waals surface area contributed by atoms with Gasteiger partial charge in [0.25, 0.3) is 0 Å². The molecule has 21 heavy (non-hydrogen) atoms. The van der Waals surface area contributed by atoms with Crippen molar-refractivity contribution in [3.05, 3.63) is 35.9 Å². The number of benzene rings is 1. The molecule has 1 aromatic rings. The van der Waals surface area contributed by atoms with Gasteiger partial charge in [-0.3, -0.25) is 4.79 Å². The van der Waals surface area contributed by atoms with Crippen molar-refractivity contribution in [1.82, 2.24) is 5.48 Å². The fourth-order valence-electron chi connectivity index (χ4n) is 1.59. The monoisotopic (exact) mass is 293 g/mol. The normalized spacial score (nSPS) is 16.8. The van der Waals surface area contributed by atoms with E-state index in [2.05, 4.69) is 14.3 Å². The summed E-state index contributed by atoms with van der Waals surface area (Å²) in [6.45, 7) is 0. The summed E-state index contributed by atoms with van der Waals surface area (Å²) in [5.41, 5.74) is 1.82. The van der Waals surface area contributed by atoms with Gasteiger partial charge in [0.15, 0.2) is 0 Å². The van der Waals surface area contributed by atoms with E-state index in [-0.39, 0.29) is 18.4 Å². The Morgan fingerprint density at radius 2 is 1.90 bits per heavy atom. The Labute approximate surface area is 118 Å². The van der Waals surface area contributed by atoms with Crippen molar-refractivity contribution in [2.75, 3.05) is 0 Å². The van der Waals surface area contributed by atoms with Gasteiger partial charge in [0.1, 0.15) is 0 Å². The number of carbonyl (C=O) groups excluding carboxylic acids is 4. The molecule has 0 radical (unpaired) electrons. The number of amides is 1. The Morgan fingerprint density at radius 1 is 1.19 bits per heavy atom. The Bertz CT molecular complexity index is 569. The van der Waals surface area contributed by atoms with Crippen LogP contribution in [0.3, 0.4) is 0 Å². The predicted octanol–water partition coefficient (Wildman–Crippen LogP) is 0.717. The minimum atomic E-state index is -1.25. The van der Waals surface area contributed by atoms with Crippen LogP contribution >= 0.6 is 0 Å². The SMILES string of the molecule is O=C1CCC(C(=O)ONC(=O)OC(=O)c2ccccc2)O1. The second-order valence-electron chi connectivity index (χ2n) is 4.08. The smallest absolute Gasteiger partial charge is 0.448 e. The molecule has 1 atom stereocenters. The van der Waals surface area contributed by atoms with E-state index in [1.807, 2.05) is 0 Å². The fraction of sp³-hybridized carbons (Fsp3) is 0.231. The molecule has 1 amide bonds. The highest BCUT2D eigenvalue weighted by Gasteiger charge is 2.32. The van der Waals surface area contributed by atoms with E-state index >= 15 is 0 Å². The molecular formula is C13H11NO7. The molecule has 0 bridgehead atoms. The third kappa shape index (κ3) is 4.03. The van der Waals surface area contributed by atoms with Crippen LogP contribution in [-0.2, 0) is 23.9 Å². The van der Waals surface area contributed by atoms with Crippen LogP contribution in [0.15, 0.2) is 30.3 Å². The van der Waals surface area contributed by atoms with Crippen molar-refractivity contribution >= 4 is 24.0 Å². The first-order valence-electron chi connectivity index (χ1n) is 6.03. The van der Waals surface area contributed by atoms with Crippen LogP contribution < -0.4 is 5.48 Å². The maximum Gasteiger partial charge on any atom is 0.448 e. The van der Waals surface area contributed by atoms with Gasteiger partial charge in [0.05, 0.1) is 5.56 Å². The first kappa shape index (κ1) is 14.5. The van der Waals surface area contributed by atoms with Crippen molar-refractivity contribution in [2.24, 2.45) is 0 Å². The molecule has 0 aromatic heterocycles. The zero-order chi connectivity index (χ0) is 15.2. The summed E-state index contributed by atoms with van der Waals surface area (Å²) in [6, 6.07) is 7.81. The molecule has 1 aliphatic heterocycles. The molecule has 8 nitrogen and oxygen atoms in total. The van der Waals surface area contributed by atoms with Crippen molar-refractivity contribution in [3.63, 3.8) is 0 Å². The van der Waals surface area contributed by atoms with Gasteiger partial charge in [-0.2, -0.15) is 0 Å². The summed E-state index contributed by atoms with van der Waals surface area (Å²) in [5, 5.41) is 0. The van der Waals surface area contributed by atoms with Crippen LogP contribution in [0, 0.1) is 0 Å². The molecule has 110 valence electrons. The molecule has 1 aromatic carbocycles. The summed E-state index contributed by atoms with van der Waals surface area (Å²) in [7, 11) is 0. The van der Waals surface area contributed by atoms with Crippen LogP contribution in [0.25, 0.3) is 0 Å². The summed E-state index contributed by atoms with van der Waals surface area (Å²) < 4.78 is 9.03. The molecule has 1 fully saturated rings. The summed E-state index contributed by atoms with van der Waals surface area (Å²) in [6.07, 6.45) is -2.02. The van der Waals surface area contributed by atoms with Crippen molar-refractivity contribution in [3.8, 4) is 0 Å². The van der Waals surface area contributed by atoms with E-state index in [1.165, 1.54) is 12.1 Å². The number of rotatable bonds is 2. The van der Waals surface area contributed by atoms with Crippen molar-refractivity contribution in [1.29, 1.82) is 0 Å². The number of ether oxygens (including phenoxy) is 2. The third-order valence-electron chi connectivity index (χ3n) is 2.58. The molecule has 1 N–H and O–H groups in total. The zero-order valence-corrected chi connectivity index (χ0v) is 10.7. The van der Waals surface area contributed by atoms with Crippen LogP contribution in [-0.4, -0.2) is 30.1 Å². The van der Waals surface area contributed by atoms with Crippen LogP contribution in [0.4, 0.5) is 4.79 Å². The van der Waals surface area contributed by atoms with Gasteiger partial charge in [0, 0.05) is 12.8 Å². The summed E-state index contributed by atoms with van der Waals surface area (Å²) >= 11 is 0. The van der Waals surface area contributed by atoms with Gasteiger partial charge in [-0.15, -0.1) is 5.48 Å². The Hall–Kier alpha value is -2.90. The minimum absolute atomic E-state index is 0.108. The largest absolute Gasteiger partial charge is 0.450 e. The Kier molecular flexibility index (Phi) is 4.50. The second kappa shape index (κ2) is 6.51. The molecule has 2 rings (SSSR count). The van der Waals surface area contributed by atoms with Gasteiger partial charge in [-0.1, -0.05) is 18.2 Å². The average molecular weight is 293 g/mol. The standard InChI is InChI=1S/C13H11NO7/c15-10-7-6-9(19-10)12(17)21-14-13(18)20-11(16)8-4-2-1-3-5-8/h1-5,9H,6-7H2,(H,14,18). The summed E-state index contributed by atoms with van der Waals surface area (Å²) in [4.78, 5) is 49.4. The average Bonchev–Trinajstić information content (AvgIpc) is 2.92. The van der Waals surface area contributed by atoms with Crippen LogP contribution in [0.2, 0.25) is 0 Å². The van der Waals surface area contributed by atoms with Gasteiger partial charge in [-0.25, -0.2) is 14.4 Å². The van der Waals surface area contributed by atoms with Gasteiger partial charge >= 0.3 is 24.0 Å². The molecule has 0 aliphatic carbocycles. The van der Waals surface area contributed by atoms with E-state index in [0.717, 1.165) is 0 Å². The lowest BCUT2D eigenvalue weighted by Crippen LogP contribution is -2.34. The number of hydrogen-bond acceptors (Lipinski definition) is 7. The van der Waals surface area contributed by atoms with Gasteiger partial charge < -0.3 is 14.3 Å². The van der Waals surface area contributed by atoms with Gasteiger partial charge in [0.2, 0.25) is 6.10 Å². The number of hydrogen-bond donors (Lipinski definition) is 1. The third-order valence-corrected chi connectivity index (χ3v) is 2.58. The van der Waals surface area contributed by atoms with Gasteiger partial charge in [-0.05, 0) is 12.1 Å². The topological polar surface area (TPSA) is 108 Å². The fourth-order valence-corrected chi connectivity index (χ4v) is 1.59. The molecule has 0 spiro atoms. The zero-order valence-electron chi connectivity index (χ0n) is 10.7. The van der Waals surface area contributed by atoms with E-state index in [1.54, 1.807) is 23.7 Å². The molecule has 1 saturated heterocycles. The molecule has 1 unspecified atom stereocenters. The quantitative estimate of drug-likeness (QED) is 0.370. The molecular weight excluding hydrogens is 282 g/mol. The first-order chi connectivity index (χ1) is 10.1. The predicted molar refractivity (Wildman–Crippen MR) is 65.6 cm³/mol. The lowest BCUT2D eigenvalue weighted by atomic mass is 10.2.